The summed E-state index contributed by atoms with van der Waals surface area (Å²) in [4.78, 5) is 5.39. The van der Waals surface area contributed by atoms with Gasteiger partial charge in [0.05, 0.1) is 19.3 Å². The summed E-state index contributed by atoms with van der Waals surface area (Å²) in [5.74, 6) is 7.22. The van der Waals surface area contributed by atoms with E-state index in [1.807, 2.05) is 12.3 Å². The summed E-state index contributed by atoms with van der Waals surface area (Å²) in [6.07, 6.45) is 3.49. The van der Waals surface area contributed by atoms with Gasteiger partial charge >= 0.3 is 0 Å². The third-order valence-electron chi connectivity index (χ3n) is 3.01. The molecule has 0 amide bonds. The summed E-state index contributed by atoms with van der Waals surface area (Å²) >= 11 is 1.76. The van der Waals surface area contributed by atoms with Crippen LogP contribution in [0.5, 0.6) is 5.75 Å². The second-order valence-corrected chi connectivity index (χ2v) is 5.59. The molecule has 20 heavy (non-hydrogen) atoms. The van der Waals surface area contributed by atoms with Gasteiger partial charge in [0.2, 0.25) is 0 Å². The van der Waals surface area contributed by atoms with E-state index in [2.05, 4.69) is 41.6 Å². The number of hydrogen-bond acceptors (Lipinski definition) is 5. The molecule has 0 saturated carbocycles. The Kier molecular flexibility index (Phi) is 5.40. The third-order valence-corrected chi connectivity index (χ3v) is 4.12. The Morgan fingerprint density at radius 3 is 2.70 bits per heavy atom. The van der Waals surface area contributed by atoms with Crippen molar-refractivity contribution in [2.45, 2.75) is 17.9 Å². The van der Waals surface area contributed by atoms with E-state index in [0.717, 1.165) is 17.1 Å². The van der Waals surface area contributed by atoms with Crippen molar-refractivity contribution < 1.29 is 4.74 Å². The average Bonchev–Trinajstić information content (AvgIpc) is 2.50. The monoisotopic (exact) mass is 289 g/mol. The summed E-state index contributed by atoms with van der Waals surface area (Å²) in [7, 11) is 1.63. The molecule has 0 aliphatic rings. The number of nitrogens with zero attached hydrogens (tertiary/aromatic N) is 1. The molecule has 2 rings (SSSR count). The number of methoxy groups -OCH3 is 1. The molecule has 0 bridgehead atoms. The van der Waals surface area contributed by atoms with Crippen molar-refractivity contribution in [1.29, 1.82) is 0 Å². The van der Waals surface area contributed by atoms with Gasteiger partial charge in [-0.3, -0.25) is 16.3 Å². The van der Waals surface area contributed by atoms with Gasteiger partial charge in [0.25, 0.3) is 0 Å². The highest BCUT2D eigenvalue weighted by Gasteiger charge is 2.11. The second kappa shape index (κ2) is 7.28. The number of benzene rings is 1. The number of hydrogen-bond donors (Lipinski definition) is 2. The molecule has 2 aromatic rings. The summed E-state index contributed by atoms with van der Waals surface area (Å²) in [5, 5.41) is 0. The van der Waals surface area contributed by atoms with E-state index in [9.17, 15) is 0 Å². The summed E-state index contributed by atoms with van der Waals surface area (Å²) < 4.78 is 5.19. The van der Waals surface area contributed by atoms with Crippen molar-refractivity contribution in [3.8, 4) is 5.75 Å². The molecule has 1 aromatic carbocycles. The predicted octanol–water partition coefficient (Wildman–Crippen LogP) is 2.70. The van der Waals surface area contributed by atoms with E-state index in [1.54, 1.807) is 25.1 Å². The molecule has 106 valence electrons. The summed E-state index contributed by atoms with van der Waals surface area (Å²) in [5.41, 5.74) is 5.12. The highest BCUT2D eigenvalue weighted by atomic mass is 32.2. The van der Waals surface area contributed by atoms with E-state index in [-0.39, 0.29) is 6.04 Å². The zero-order chi connectivity index (χ0) is 14.4. The lowest BCUT2D eigenvalue weighted by atomic mass is 10.1. The normalized spacial score (nSPS) is 12.2. The van der Waals surface area contributed by atoms with Crippen LogP contribution in [0.2, 0.25) is 0 Å². The molecule has 0 spiro atoms. The molecule has 1 heterocycles. The number of ether oxygens (including phenoxy) is 1. The van der Waals surface area contributed by atoms with Gasteiger partial charge in [-0.15, -0.1) is 11.8 Å². The first-order valence-corrected chi connectivity index (χ1v) is 7.36. The highest BCUT2D eigenvalue weighted by Crippen LogP contribution is 2.25. The smallest absolute Gasteiger partial charge is 0.137 e. The molecule has 0 aliphatic carbocycles. The fourth-order valence-corrected chi connectivity index (χ4v) is 2.77. The number of pyridine rings is 1. The van der Waals surface area contributed by atoms with Crippen LogP contribution in [0, 0.1) is 6.92 Å². The second-order valence-electron chi connectivity index (χ2n) is 4.50. The molecular weight excluding hydrogens is 270 g/mol. The van der Waals surface area contributed by atoms with Gasteiger partial charge in [0, 0.05) is 16.8 Å². The van der Waals surface area contributed by atoms with Crippen LogP contribution in [0.1, 0.15) is 17.2 Å². The number of thioether (sulfide) groups is 1. The molecule has 1 unspecified atom stereocenters. The van der Waals surface area contributed by atoms with Gasteiger partial charge < -0.3 is 4.74 Å². The maximum absolute atomic E-state index is 5.65. The number of hydrazine groups is 1. The van der Waals surface area contributed by atoms with E-state index >= 15 is 0 Å². The van der Waals surface area contributed by atoms with Gasteiger partial charge in [-0.05, 0) is 30.7 Å². The van der Waals surface area contributed by atoms with Gasteiger partial charge in [0.15, 0.2) is 0 Å². The van der Waals surface area contributed by atoms with E-state index in [0.29, 0.717) is 0 Å². The zero-order valence-electron chi connectivity index (χ0n) is 11.7. The van der Waals surface area contributed by atoms with Crippen LogP contribution in [0.25, 0.3) is 0 Å². The largest absolute Gasteiger partial charge is 0.495 e. The van der Waals surface area contributed by atoms with Gasteiger partial charge in [-0.1, -0.05) is 17.7 Å². The first-order valence-electron chi connectivity index (χ1n) is 6.37. The summed E-state index contributed by atoms with van der Waals surface area (Å²) in [6.45, 7) is 2.08. The van der Waals surface area contributed by atoms with Crippen molar-refractivity contribution in [1.82, 2.24) is 10.4 Å². The van der Waals surface area contributed by atoms with Crippen molar-refractivity contribution in [2.24, 2.45) is 5.84 Å². The highest BCUT2D eigenvalue weighted by molar-refractivity contribution is 7.99. The maximum atomic E-state index is 5.65. The Hall–Kier alpha value is -1.56. The minimum absolute atomic E-state index is 0.0314. The molecule has 0 saturated heterocycles. The molecule has 1 aromatic heterocycles. The number of nitrogens with one attached hydrogen (secondary N) is 1. The molecule has 3 N–H and O–H groups in total. The number of rotatable bonds is 6. The Morgan fingerprint density at radius 1 is 1.30 bits per heavy atom. The number of aryl methyl sites for hydroxylation is 1. The SMILES string of the molecule is COc1cncc(C(CSc2ccc(C)cc2)NN)c1. The van der Waals surface area contributed by atoms with Crippen molar-refractivity contribution in [2.75, 3.05) is 12.9 Å². The molecule has 0 radical (unpaired) electrons. The van der Waals surface area contributed by atoms with Crippen molar-refractivity contribution in [3.05, 3.63) is 53.9 Å². The Bertz CT molecular complexity index is 545. The van der Waals surface area contributed by atoms with E-state index in [4.69, 9.17) is 10.6 Å². The van der Waals surface area contributed by atoms with Crippen molar-refractivity contribution in [3.63, 3.8) is 0 Å². The van der Waals surface area contributed by atoms with Crippen LogP contribution in [-0.4, -0.2) is 17.8 Å². The lowest BCUT2D eigenvalue weighted by Crippen LogP contribution is -2.29. The van der Waals surface area contributed by atoms with Crippen LogP contribution in [0.3, 0.4) is 0 Å². The van der Waals surface area contributed by atoms with Gasteiger partial charge in [-0.2, -0.15) is 0 Å². The lowest BCUT2D eigenvalue weighted by molar-refractivity contribution is 0.411. The lowest BCUT2D eigenvalue weighted by Gasteiger charge is -2.16. The van der Waals surface area contributed by atoms with Crippen LogP contribution in [0.4, 0.5) is 0 Å². The molecular formula is C15H19N3OS. The van der Waals surface area contributed by atoms with Gasteiger partial charge in [-0.25, -0.2) is 0 Å². The van der Waals surface area contributed by atoms with Crippen LogP contribution < -0.4 is 16.0 Å². The standard InChI is InChI=1S/C15H19N3OS/c1-11-3-5-14(6-4-11)20-10-15(18-16)12-7-13(19-2)9-17-8-12/h3-9,15,18H,10,16H2,1-2H3. The number of aromatic nitrogens is 1. The first-order chi connectivity index (χ1) is 9.72. The number of nitrogens with two attached hydrogens (primary N) is 1. The topological polar surface area (TPSA) is 60.2 Å². The first kappa shape index (κ1) is 14.8. The van der Waals surface area contributed by atoms with Gasteiger partial charge in [0.1, 0.15) is 5.75 Å². The molecule has 1 atom stereocenters. The predicted molar refractivity (Wildman–Crippen MR) is 82.8 cm³/mol. The molecule has 4 nitrogen and oxygen atoms in total. The van der Waals surface area contributed by atoms with Crippen LogP contribution in [0.15, 0.2) is 47.6 Å². The Morgan fingerprint density at radius 2 is 2.05 bits per heavy atom. The van der Waals surface area contributed by atoms with E-state index in [1.165, 1.54) is 10.5 Å². The average molecular weight is 289 g/mol. The Balaban J connectivity index is 2.03. The third kappa shape index (κ3) is 3.96. The van der Waals surface area contributed by atoms with Crippen molar-refractivity contribution >= 4 is 11.8 Å². The Labute approximate surface area is 123 Å². The van der Waals surface area contributed by atoms with E-state index < -0.39 is 0 Å². The summed E-state index contributed by atoms with van der Waals surface area (Å²) in [6, 6.07) is 10.5. The fourth-order valence-electron chi connectivity index (χ4n) is 1.79. The minimum Gasteiger partial charge on any atom is -0.495 e. The van der Waals surface area contributed by atoms with Crippen LogP contribution in [-0.2, 0) is 0 Å². The maximum Gasteiger partial charge on any atom is 0.137 e. The molecule has 0 aliphatic heterocycles. The fraction of sp³-hybridized carbons (Fsp3) is 0.267. The van der Waals surface area contributed by atoms with Crippen LogP contribution >= 0.6 is 11.8 Å². The quantitative estimate of drug-likeness (QED) is 0.486. The zero-order valence-corrected chi connectivity index (χ0v) is 12.5. The minimum atomic E-state index is 0.0314. The molecule has 0 fully saturated rings. The molecule has 5 heteroatoms.